The average molecular weight is 182 g/mol. The summed E-state index contributed by atoms with van der Waals surface area (Å²) in [4.78, 5) is 0. The van der Waals surface area contributed by atoms with Crippen LogP contribution in [0.15, 0.2) is 30.4 Å². The van der Waals surface area contributed by atoms with Crippen molar-refractivity contribution in [3.8, 4) is 0 Å². The van der Waals surface area contributed by atoms with E-state index in [1.54, 1.807) is 0 Å². The van der Waals surface area contributed by atoms with Crippen LogP contribution in [0.1, 0.15) is 34.5 Å². The van der Waals surface area contributed by atoms with Crippen molar-refractivity contribution < 1.29 is 4.74 Å². The molecule has 1 aromatic carbocycles. The number of benzene rings is 1. The van der Waals surface area contributed by atoms with E-state index in [-0.39, 0.29) is 12.2 Å². The first-order valence-corrected chi connectivity index (χ1v) is 5.09. The van der Waals surface area contributed by atoms with Crippen LogP contribution in [0.2, 0.25) is 0 Å². The van der Waals surface area contributed by atoms with Crippen LogP contribution >= 0.6 is 0 Å². The van der Waals surface area contributed by atoms with Crippen molar-refractivity contribution >= 4 is 6.08 Å². The van der Waals surface area contributed by atoms with E-state index in [4.69, 9.17) is 4.74 Å². The molecule has 2 heterocycles. The molecule has 1 aromatic rings. The van der Waals surface area contributed by atoms with Crippen molar-refractivity contribution in [2.24, 2.45) is 0 Å². The Bertz CT molecular complexity index is 482. The fourth-order valence-electron chi connectivity index (χ4n) is 2.64. The molecule has 14 heavy (non-hydrogen) atoms. The summed E-state index contributed by atoms with van der Waals surface area (Å²) >= 11 is 0. The van der Waals surface area contributed by atoms with Crippen molar-refractivity contribution in [1.82, 2.24) is 0 Å². The van der Waals surface area contributed by atoms with Gasteiger partial charge in [-0.2, -0.15) is 0 Å². The number of ether oxygens (including phenoxy) is 1. The van der Waals surface area contributed by atoms with Crippen LogP contribution in [-0.4, -0.2) is 0 Å². The lowest BCUT2D eigenvalue weighted by molar-refractivity contribution is 0.0878. The van der Waals surface area contributed by atoms with Gasteiger partial charge in [0.15, 0.2) is 0 Å². The highest BCUT2D eigenvalue weighted by Gasteiger charge is 2.34. The van der Waals surface area contributed by atoms with Crippen molar-refractivity contribution in [3.63, 3.8) is 0 Å². The van der Waals surface area contributed by atoms with E-state index in [0.717, 1.165) is 6.42 Å². The summed E-state index contributed by atoms with van der Waals surface area (Å²) < 4.78 is 5.79. The molecule has 0 saturated carbocycles. The van der Waals surface area contributed by atoms with Gasteiger partial charge in [0.2, 0.25) is 0 Å². The Morgan fingerprint density at radius 3 is 2.71 bits per heavy atom. The monoisotopic (exact) mass is 182 g/mol. The van der Waals surface area contributed by atoms with Crippen LogP contribution < -0.4 is 0 Å². The molecule has 68 valence electrons. The van der Waals surface area contributed by atoms with Gasteiger partial charge in [-0.25, -0.2) is 0 Å². The SMILES string of the molecule is C1=Cc2cc3c(cc2C1)C1C=CC3O1. The molecule has 1 aliphatic carbocycles. The average Bonchev–Trinajstić information content (AvgIpc) is 2.90. The summed E-state index contributed by atoms with van der Waals surface area (Å²) in [5.74, 6) is 0. The maximum atomic E-state index is 5.79. The summed E-state index contributed by atoms with van der Waals surface area (Å²) in [6.07, 6.45) is 10.3. The van der Waals surface area contributed by atoms with Gasteiger partial charge in [-0.05, 0) is 34.7 Å². The normalized spacial score (nSPS) is 29.7. The first-order valence-electron chi connectivity index (χ1n) is 5.09. The molecule has 0 fully saturated rings. The summed E-state index contributed by atoms with van der Waals surface area (Å²) in [5.41, 5.74) is 5.60. The van der Waals surface area contributed by atoms with Crippen LogP contribution in [0.5, 0.6) is 0 Å². The molecule has 0 spiro atoms. The molecule has 1 nitrogen and oxygen atoms in total. The van der Waals surface area contributed by atoms with Crippen molar-refractivity contribution in [3.05, 3.63) is 52.6 Å². The molecule has 1 heteroatoms. The Labute approximate surface area is 82.7 Å². The Hall–Kier alpha value is -1.34. The van der Waals surface area contributed by atoms with Gasteiger partial charge in [-0.15, -0.1) is 0 Å². The van der Waals surface area contributed by atoms with Crippen LogP contribution in [0.3, 0.4) is 0 Å². The Morgan fingerprint density at radius 1 is 1.07 bits per heavy atom. The predicted molar refractivity (Wildman–Crippen MR) is 54.9 cm³/mol. The van der Waals surface area contributed by atoms with Gasteiger partial charge < -0.3 is 4.74 Å². The van der Waals surface area contributed by atoms with E-state index in [1.165, 1.54) is 22.3 Å². The molecule has 0 saturated heterocycles. The van der Waals surface area contributed by atoms with Crippen LogP contribution in [0, 0.1) is 0 Å². The van der Waals surface area contributed by atoms with Crippen LogP contribution in [0.4, 0.5) is 0 Å². The molecule has 2 bridgehead atoms. The number of hydrogen-bond donors (Lipinski definition) is 0. The number of rotatable bonds is 0. The first-order chi connectivity index (χ1) is 6.92. The zero-order valence-electron chi connectivity index (χ0n) is 7.73. The van der Waals surface area contributed by atoms with Crippen LogP contribution in [-0.2, 0) is 11.2 Å². The van der Waals surface area contributed by atoms with Gasteiger partial charge in [0, 0.05) is 0 Å². The smallest absolute Gasteiger partial charge is 0.102 e. The third-order valence-corrected chi connectivity index (χ3v) is 3.35. The molecule has 3 aliphatic rings. The van der Waals surface area contributed by atoms with E-state index in [2.05, 4.69) is 36.4 Å². The summed E-state index contributed by atoms with van der Waals surface area (Å²) in [6.45, 7) is 0. The van der Waals surface area contributed by atoms with E-state index in [9.17, 15) is 0 Å². The molecule has 2 aliphatic heterocycles. The Kier molecular flexibility index (Phi) is 1.09. The highest BCUT2D eigenvalue weighted by atomic mass is 16.5. The number of allylic oxidation sites excluding steroid dienone is 1. The van der Waals surface area contributed by atoms with E-state index in [0.29, 0.717) is 0 Å². The first kappa shape index (κ1) is 7.02. The molecule has 4 rings (SSSR count). The van der Waals surface area contributed by atoms with Gasteiger partial charge in [-0.3, -0.25) is 0 Å². The third kappa shape index (κ3) is 0.701. The van der Waals surface area contributed by atoms with Crippen molar-refractivity contribution in [2.75, 3.05) is 0 Å². The quantitative estimate of drug-likeness (QED) is 0.560. The maximum absolute atomic E-state index is 5.79. The minimum atomic E-state index is 0.231. The fraction of sp³-hybridized carbons (Fsp3) is 0.231. The molecule has 0 amide bonds. The lowest BCUT2D eigenvalue weighted by Gasteiger charge is -2.09. The molecule has 0 N–H and O–H groups in total. The second-order valence-electron chi connectivity index (χ2n) is 4.15. The van der Waals surface area contributed by atoms with E-state index >= 15 is 0 Å². The molecular weight excluding hydrogens is 172 g/mol. The van der Waals surface area contributed by atoms with Crippen molar-refractivity contribution in [1.29, 1.82) is 0 Å². The maximum Gasteiger partial charge on any atom is 0.102 e. The Morgan fingerprint density at radius 2 is 1.86 bits per heavy atom. The topological polar surface area (TPSA) is 9.23 Å². The van der Waals surface area contributed by atoms with Gasteiger partial charge in [-0.1, -0.05) is 30.4 Å². The lowest BCUT2D eigenvalue weighted by Crippen LogP contribution is -1.95. The van der Waals surface area contributed by atoms with Gasteiger partial charge >= 0.3 is 0 Å². The standard InChI is InChI=1S/C13H10O/c1-2-8-6-10-11(7-9(8)3-1)13-5-4-12(10)14-13/h1-2,4-7,12-13H,3H2. The molecule has 0 aromatic heterocycles. The largest absolute Gasteiger partial charge is 0.357 e. The summed E-state index contributed by atoms with van der Waals surface area (Å²) in [6, 6.07) is 4.61. The molecular formula is C13H10O. The minimum Gasteiger partial charge on any atom is -0.357 e. The second-order valence-corrected chi connectivity index (χ2v) is 4.15. The fourth-order valence-corrected chi connectivity index (χ4v) is 2.64. The second kappa shape index (κ2) is 2.18. The lowest BCUT2D eigenvalue weighted by atomic mass is 9.92. The zero-order valence-corrected chi connectivity index (χ0v) is 7.73. The van der Waals surface area contributed by atoms with Gasteiger partial charge in [0.05, 0.1) is 0 Å². The highest BCUT2D eigenvalue weighted by molar-refractivity contribution is 5.64. The zero-order chi connectivity index (χ0) is 9.12. The van der Waals surface area contributed by atoms with E-state index < -0.39 is 0 Å². The minimum absolute atomic E-state index is 0.231. The van der Waals surface area contributed by atoms with E-state index in [1.807, 2.05) is 0 Å². The van der Waals surface area contributed by atoms with Gasteiger partial charge in [0.1, 0.15) is 12.2 Å². The van der Waals surface area contributed by atoms with Crippen LogP contribution in [0.25, 0.3) is 6.08 Å². The number of hydrogen-bond acceptors (Lipinski definition) is 1. The molecule has 2 atom stereocenters. The predicted octanol–water partition coefficient (Wildman–Crippen LogP) is 2.94. The Balaban J connectivity index is 2.00. The number of fused-ring (bicyclic) bond motifs is 6. The molecule has 0 radical (unpaired) electrons. The van der Waals surface area contributed by atoms with Crippen molar-refractivity contribution in [2.45, 2.75) is 18.6 Å². The summed E-state index contributed by atoms with van der Waals surface area (Å²) in [7, 11) is 0. The highest BCUT2D eigenvalue weighted by Crippen LogP contribution is 2.47. The van der Waals surface area contributed by atoms with Gasteiger partial charge in [0.25, 0.3) is 0 Å². The third-order valence-electron chi connectivity index (χ3n) is 3.35. The molecule has 2 unspecified atom stereocenters. The summed E-state index contributed by atoms with van der Waals surface area (Å²) in [5, 5.41) is 0.